The number of hydrogen-bond donors (Lipinski definition) is 2. The number of anilines is 1. The average molecular weight is 293 g/mol. The third kappa shape index (κ3) is 4.51. The van der Waals surface area contributed by atoms with Gasteiger partial charge in [-0.15, -0.1) is 0 Å². The fourth-order valence-corrected chi connectivity index (χ4v) is 2.76. The maximum Gasteiger partial charge on any atom is 0.164 e. The molecule has 1 aliphatic rings. The van der Waals surface area contributed by atoms with Crippen molar-refractivity contribution in [3.8, 4) is 11.5 Å². The van der Waals surface area contributed by atoms with Crippen LogP contribution in [0.2, 0.25) is 0 Å². The average Bonchev–Trinajstić information content (AvgIpc) is 2.50. The molecule has 2 rings (SSSR count). The van der Waals surface area contributed by atoms with Crippen LogP contribution in [0.25, 0.3) is 0 Å². The van der Waals surface area contributed by atoms with Gasteiger partial charge in [0.25, 0.3) is 0 Å². The zero-order valence-corrected chi connectivity index (χ0v) is 13.2. The summed E-state index contributed by atoms with van der Waals surface area (Å²) in [5, 5.41) is 3.38. The number of nitrogens with zero attached hydrogens (tertiary/aromatic N) is 1. The molecule has 0 unspecified atom stereocenters. The van der Waals surface area contributed by atoms with Crippen LogP contribution in [0, 0.1) is 0 Å². The van der Waals surface area contributed by atoms with Crippen LogP contribution in [0.3, 0.4) is 0 Å². The first-order valence-corrected chi connectivity index (χ1v) is 7.76. The van der Waals surface area contributed by atoms with Gasteiger partial charge in [0.15, 0.2) is 11.5 Å². The van der Waals surface area contributed by atoms with Gasteiger partial charge in [0.1, 0.15) is 0 Å². The third-order valence-corrected chi connectivity index (χ3v) is 3.79. The SMILES string of the molecule is CCOc1c(CCCN2CCNCC2)cc(N)cc1OC. The third-order valence-electron chi connectivity index (χ3n) is 3.79. The van der Waals surface area contributed by atoms with Crippen molar-refractivity contribution in [2.24, 2.45) is 0 Å². The molecule has 1 saturated heterocycles. The van der Waals surface area contributed by atoms with E-state index < -0.39 is 0 Å². The predicted octanol–water partition coefficient (Wildman–Crippen LogP) is 1.51. The molecule has 0 saturated carbocycles. The van der Waals surface area contributed by atoms with E-state index in [-0.39, 0.29) is 0 Å². The zero-order chi connectivity index (χ0) is 15.1. The molecular formula is C16H27N3O2. The molecule has 1 aromatic rings. The number of ether oxygens (including phenoxy) is 2. The molecule has 1 aromatic carbocycles. The van der Waals surface area contributed by atoms with E-state index in [1.807, 2.05) is 19.1 Å². The van der Waals surface area contributed by atoms with E-state index in [1.165, 1.54) is 0 Å². The summed E-state index contributed by atoms with van der Waals surface area (Å²) in [6, 6.07) is 3.83. The van der Waals surface area contributed by atoms with E-state index in [0.717, 1.165) is 68.3 Å². The smallest absolute Gasteiger partial charge is 0.164 e. The molecule has 0 aliphatic carbocycles. The lowest BCUT2D eigenvalue weighted by molar-refractivity contribution is 0.238. The van der Waals surface area contributed by atoms with E-state index in [2.05, 4.69) is 10.2 Å². The second-order valence-electron chi connectivity index (χ2n) is 5.34. The summed E-state index contributed by atoms with van der Waals surface area (Å²) in [4.78, 5) is 2.50. The Morgan fingerprint density at radius 1 is 1.29 bits per heavy atom. The quantitative estimate of drug-likeness (QED) is 0.746. The molecule has 0 spiro atoms. The lowest BCUT2D eigenvalue weighted by Gasteiger charge is -2.27. The van der Waals surface area contributed by atoms with Crippen molar-refractivity contribution in [3.05, 3.63) is 17.7 Å². The zero-order valence-electron chi connectivity index (χ0n) is 13.2. The maximum absolute atomic E-state index is 5.96. The Bertz CT molecular complexity index is 445. The van der Waals surface area contributed by atoms with E-state index >= 15 is 0 Å². The molecular weight excluding hydrogens is 266 g/mol. The monoisotopic (exact) mass is 293 g/mol. The molecule has 21 heavy (non-hydrogen) atoms. The van der Waals surface area contributed by atoms with Gasteiger partial charge in [-0.1, -0.05) is 0 Å². The normalized spacial score (nSPS) is 15.9. The molecule has 0 aromatic heterocycles. The highest BCUT2D eigenvalue weighted by atomic mass is 16.5. The number of nitrogen functional groups attached to an aromatic ring is 1. The molecule has 1 heterocycles. The number of methoxy groups -OCH3 is 1. The first-order chi connectivity index (χ1) is 10.2. The summed E-state index contributed by atoms with van der Waals surface area (Å²) < 4.78 is 11.1. The highest BCUT2D eigenvalue weighted by molar-refractivity contribution is 5.57. The van der Waals surface area contributed by atoms with Crippen LogP contribution < -0.4 is 20.5 Å². The number of benzene rings is 1. The fraction of sp³-hybridized carbons (Fsp3) is 0.625. The van der Waals surface area contributed by atoms with Gasteiger partial charge < -0.3 is 25.4 Å². The fourth-order valence-electron chi connectivity index (χ4n) is 2.76. The van der Waals surface area contributed by atoms with Gasteiger partial charge in [-0.25, -0.2) is 0 Å². The van der Waals surface area contributed by atoms with E-state index in [4.69, 9.17) is 15.2 Å². The van der Waals surface area contributed by atoms with Crippen LogP contribution in [0.4, 0.5) is 5.69 Å². The summed E-state index contributed by atoms with van der Waals surface area (Å²) in [5.41, 5.74) is 7.83. The van der Waals surface area contributed by atoms with Gasteiger partial charge in [-0.2, -0.15) is 0 Å². The Hall–Kier alpha value is -1.46. The first-order valence-electron chi connectivity index (χ1n) is 7.76. The van der Waals surface area contributed by atoms with Crippen molar-refractivity contribution in [1.82, 2.24) is 10.2 Å². The van der Waals surface area contributed by atoms with E-state index in [9.17, 15) is 0 Å². The highest BCUT2D eigenvalue weighted by Crippen LogP contribution is 2.34. The maximum atomic E-state index is 5.96. The number of hydrogen-bond acceptors (Lipinski definition) is 5. The van der Waals surface area contributed by atoms with Crippen LogP contribution in [-0.2, 0) is 6.42 Å². The standard InChI is InChI=1S/C16H27N3O2/c1-3-21-16-13(11-14(17)12-15(16)20-2)5-4-8-19-9-6-18-7-10-19/h11-12,18H,3-10,17H2,1-2H3. The lowest BCUT2D eigenvalue weighted by atomic mass is 10.1. The molecule has 0 amide bonds. The van der Waals surface area contributed by atoms with Gasteiger partial charge >= 0.3 is 0 Å². The van der Waals surface area contributed by atoms with E-state index in [0.29, 0.717) is 6.61 Å². The molecule has 1 aliphatic heterocycles. The highest BCUT2D eigenvalue weighted by Gasteiger charge is 2.13. The Morgan fingerprint density at radius 2 is 2.05 bits per heavy atom. The van der Waals surface area contributed by atoms with Crippen LogP contribution in [-0.4, -0.2) is 51.3 Å². The molecule has 0 bridgehead atoms. The van der Waals surface area contributed by atoms with Crippen molar-refractivity contribution in [1.29, 1.82) is 0 Å². The predicted molar refractivity (Wildman–Crippen MR) is 86.2 cm³/mol. The molecule has 0 radical (unpaired) electrons. The topological polar surface area (TPSA) is 59.8 Å². The number of rotatable bonds is 7. The van der Waals surface area contributed by atoms with Crippen molar-refractivity contribution in [2.45, 2.75) is 19.8 Å². The first kappa shape index (κ1) is 15.9. The van der Waals surface area contributed by atoms with Crippen LogP contribution in [0.1, 0.15) is 18.9 Å². The van der Waals surface area contributed by atoms with Crippen molar-refractivity contribution in [3.63, 3.8) is 0 Å². The van der Waals surface area contributed by atoms with Crippen molar-refractivity contribution < 1.29 is 9.47 Å². The summed E-state index contributed by atoms with van der Waals surface area (Å²) in [6.45, 7) is 8.19. The number of aryl methyl sites for hydroxylation is 1. The van der Waals surface area contributed by atoms with Gasteiger partial charge in [0, 0.05) is 43.5 Å². The number of nitrogens with two attached hydrogens (primary N) is 1. The molecule has 1 fully saturated rings. The van der Waals surface area contributed by atoms with Crippen molar-refractivity contribution in [2.75, 3.05) is 52.2 Å². The minimum Gasteiger partial charge on any atom is -0.493 e. The molecule has 5 heteroatoms. The van der Waals surface area contributed by atoms with Gasteiger partial charge in [0.2, 0.25) is 0 Å². The van der Waals surface area contributed by atoms with Crippen LogP contribution in [0.15, 0.2) is 12.1 Å². The summed E-state index contributed by atoms with van der Waals surface area (Å²) in [6.07, 6.45) is 2.06. The lowest BCUT2D eigenvalue weighted by Crippen LogP contribution is -2.43. The molecule has 118 valence electrons. The number of nitrogens with one attached hydrogen (secondary N) is 1. The van der Waals surface area contributed by atoms with Crippen LogP contribution >= 0.6 is 0 Å². The van der Waals surface area contributed by atoms with Gasteiger partial charge in [-0.3, -0.25) is 0 Å². The Morgan fingerprint density at radius 3 is 2.71 bits per heavy atom. The van der Waals surface area contributed by atoms with Gasteiger partial charge in [-0.05, 0) is 32.4 Å². The van der Waals surface area contributed by atoms with Crippen LogP contribution in [0.5, 0.6) is 11.5 Å². The largest absolute Gasteiger partial charge is 0.493 e. The summed E-state index contributed by atoms with van der Waals surface area (Å²) in [5.74, 6) is 1.57. The van der Waals surface area contributed by atoms with Gasteiger partial charge in [0.05, 0.1) is 13.7 Å². The Balaban J connectivity index is 1.98. The molecule has 5 nitrogen and oxygen atoms in total. The summed E-state index contributed by atoms with van der Waals surface area (Å²) in [7, 11) is 1.65. The molecule has 3 N–H and O–H groups in total. The number of piperazine rings is 1. The summed E-state index contributed by atoms with van der Waals surface area (Å²) >= 11 is 0. The minimum atomic E-state index is 0.630. The second kappa shape index (κ2) is 8.10. The minimum absolute atomic E-state index is 0.630. The van der Waals surface area contributed by atoms with Crippen molar-refractivity contribution >= 4 is 5.69 Å². The molecule has 0 atom stereocenters. The van der Waals surface area contributed by atoms with E-state index in [1.54, 1.807) is 7.11 Å². The Kier molecular flexibility index (Phi) is 6.14. The Labute approximate surface area is 127 Å². The second-order valence-corrected chi connectivity index (χ2v) is 5.34.